The Morgan fingerprint density at radius 2 is 0.545 bits per heavy atom. The second kappa shape index (κ2) is 38.6. The Balaban J connectivity index is 1.89. The van der Waals surface area contributed by atoms with Crippen molar-refractivity contribution in [2.75, 3.05) is 96.3 Å². The van der Waals surface area contributed by atoms with Crippen LogP contribution in [-0.2, 0) is 205 Å². The Hall–Kier alpha value is -9.14. The summed E-state index contributed by atoms with van der Waals surface area (Å²) in [6, 6.07) is 0. The summed E-state index contributed by atoms with van der Waals surface area (Å²) in [7, 11) is 7.98. The molecule has 5 N–H and O–H groups in total. The Bertz CT molecular complexity index is 4000. The van der Waals surface area contributed by atoms with E-state index >= 15 is 0 Å². The van der Waals surface area contributed by atoms with Crippen molar-refractivity contribution in [1.82, 2.24) is 24.9 Å². The first kappa shape index (κ1) is 82.5. The van der Waals surface area contributed by atoms with Gasteiger partial charge in [0.05, 0.1) is 109 Å². The summed E-state index contributed by atoms with van der Waals surface area (Å²) in [5, 5.41) is 0. The van der Waals surface area contributed by atoms with Crippen molar-refractivity contribution in [1.29, 1.82) is 0 Å². The molecule has 0 saturated heterocycles. The molecule has 0 bridgehead atoms. The van der Waals surface area contributed by atoms with Crippen LogP contribution in [0.1, 0.15) is 154 Å². The third-order valence-corrected chi connectivity index (χ3v) is 17.7. The summed E-state index contributed by atoms with van der Waals surface area (Å²) in [5.41, 5.74) is 4.39. The molecule has 5 aromatic heterocycles. The van der Waals surface area contributed by atoms with Crippen molar-refractivity contribution in [3.63, 3.8) is 0 Å². The maximum atomic E-state index is 14.0. The molecule has 0 spiro atoms. The molecular weight excluding hydrogens is 1420 g/mol. The van der Waals surface area contributed by atoms with E-state index in [9.17, 15) is 66.0 Å². The number of alkyl halides is 3. The average Bonchev–Trinajstić information content (AvgIpc) is 1.56. The Morgan fingerprint density at radius 1 is 0.317 bits per heavy atom. The van der Waals surface area contributed by atoms with Crippen LogP contribution in [0.4, 0.5) is 0 Å². The molecule has 5 aromatic rings. The van der Waals surface area contributed by atoms with Crippen LogP contribution in [0.15, 0.2) is 0 Å². The summed E-state index contributed by atoms with van der Waals surface area (Å²) in [6.07, 6.45) is -4.20. The summed E-state index contributed by atoms with van der Waals surface area (Å²) in [6.45, 7) is -1.29. The standard InChI is InChI=1S/C66H82Cl3N5O26S/c1-89-52(75)17-12-34-39(24-57(80)94-6)48(30-45-35(13-18-53(76)90-2)41(26-59(82)96-8)50(71-45)32-47-37(15-20-55(78)92-4)43(28-61(84)98-10)63(73-47)64(85)99-22-23-101(11,87)88)70-44(34)29-49-40(25-58(81)95-7)36(14-19-54(77)91-3)46(72-49)31-51-42(27-60(83)97-9)38(16-21-56(79)93-5)62(74-51)65(86)100-33-66(67,68)69/h70-74H,12-33H2,1-11H3. The zero-order chi connectivity index (χ0) is 75.1. The third-order valence-electron chi connectivity index (χ3n) is 16.5. The monoisotopic (exact) mass is 1500 g/mol. The number of halogens is 3. The topological polar surface area (TPSA) is 429 Å². The van der Waals surface area contributed by atoms with Crippen molar-refractivity contribution in [2.24, 2.45) is 0 Å². The lowest BCUT2D eigenvalue weighted by atomic mass is 9.93. The molecule has 0 unspecified atom stereocenters. The van der Waals surface area contributed by atoms with Crippen molar-refractivity contribution < 1.29 is 123 Å². The SMILES string of the molecule is COC(=O)CCc1c(Cc2[nH]c(Cc3[nH]c(C(=O)OCC(Cl)(Cl)Cl)c(CCC(=O)OC)c3CC(=O)OC)c(CCC(=O)OC)c2CC(=O)OC)[nH]c(Cc2[nH]c(Cc3[nH]c(C(=O)OCCS(C)(=O)=O)c(CC(=O)OC)c3CCC(=O)OC)c(CC(=O)OC)c2CCC(=O)OC)c1CC(=O)OC. The molecule has 0 saturated carbocycles. The van der Waals surface area contributed by atoms with Crippen molar-refractivity contribution in [3.05, 3.63) is 113 Å². The minimum Gasteiger partial charge on any atom is -0.469 e. The molecule has 0 amide bonds. The van der Waals surface area contributed by atoms with Crippen LogP contribution >= 0.6 is 34.8 Å². The highest BCUT2D eigenvalue weighted by atomic mass is 35.6. The number of carbonyl (C=O) groups excluding carboxylic acids is 12. The van der Waals surface area contributed by atoms with Gasteiger partial charge in [-0.05, 0) is 87.7 Å². The summed E-state index contributed by atoms with van der Waals surface area (Å²) < 4.78 is 83.6. The average molecular weight is 1500 g/mol. The van der Waals surface area contributed by atoms with E-state index in [1.165, 1.54) is 21.3 Å². The summed E-state index contributed by atoms with van der Waals surface area (Å²) in [5.74, 6) is -9.76. The number of aromatic amines is 5. The summed E-state index contributed by atoms with van der Waals surface area (Å²) in [4.78, 5) is 177. The number of esters is 12. The molecule has 5 heterocycles. The lowest BCUT2D eigenvalue weighted by Crippen LogP contribution is -2.19. The van der Waals surface area contributed by atoms with Gasteiger partial charge in [0, 0.05) is 110 Å². The molecule has 0 fully saturated rings. The van der Waals surface area contributed by atoms with Gasteiger partial charge >= 0.3 is 71.6 Å². The minimum atomic E-state index is -3.62. The van der Waals surface area contributed by atoms with Gasteiger partial charge in [-0.25, -0.2) is 18.0 Å². The van der Waals surface area contributed by atoms with Crippen LogP contribution in [0.3, 0.4) is 0 Å². The number of hydrogen-bond donors (Lipinski definition) is 5. The van der Waals surface area contributed by atoms with E-state index < -0.39 is 136 Å². The number of hydrogen-bond acceptors (Lipinski definition) is 26. The molecule has 0 aliphatic heterocycles. The highest BCUT2D eigenvalue weighted by molar-refractivity contribution is 7.90. The van der Waals surface area contributed by atoms with Gasteiger partial charge in [0.25, 0.3) is 0 Å². The maximum absolute atomic E-state index is 14.0. The Labute approximate surface area is 595 Å². The maximum Gasteiger partial charge on any atom is 0.355 e. The van der Waals surface area contributed by atoms with E-state index in [0.717, 1.165) is 56.0 Å². The van der Waals surface area contributed by atoms with Gasteiger partial charge in [0.15, 0.2) is 9.84 Å². The predicted octanol–water partition coefficient (Wildman–Crippen LogP) is 4.52. The fraction of sp³-hybridized carbons (Fsp3) is 0.515. The van der Waals surface area contributed by atoms with Gasteiger partial charge in [-0.15, -0.1) is 0 Å². The largest absolute Gasteiger partial charge is 0.469 e. The number of ether oxygens (including phenoxy) is 12. The number of carbonyl (C=O) groups is 12. The normalized spacial score (nSPS) is 11.3. The molecule has 0 radical (unpaired) electrons. The molecule has 0 aliphatic carbocycles. The van der Waals surface area contributed by atoms with Gasteiger partial charge in [0.2, 0.25) is 3.79 Å². The molecule has 31 nitrogen and oxygen atoms in total. The molecular formula is C66H82Cl3N5O26S. The van der Waals surface area contributed by atoms with Crippen molar-refractivity contribution in [3.8, 4) is 0 Å². The predicted molar refractivity (Wildman–Crippen MR) is 356 cm³/mol. The number of H-pyrrole nitrogens is 5. The van der Waals surface area contributed by atoms with Crippen LogP contribution in [-0.4, -0.2) is 205 Å². The van der Waals surface area contributed by atoms with Gasteiger partial charge in [0.1, 0.15) is 24.6 Å². The van der Waals surface area contributed by atoms with E-state index in [2.05, 4.69) is 24.9 Å². The second-order valence-corrected chi connectivity index (χ2v) is 27.6. The second-order valence-electron chi connectivity index (χ2n) is 22.8. The number of nitrogens with one attached hydrogen (secondary N) is 5. The highest BCUT2D eigenvalue weighted by Crippen LogP contribution is 2.36. The van der Waals surface area contributed by atoms with Crippen molar-refractivity contribution in [2.45, 2.75) is 126 Å². The molecule has 0 aliphatic rings. The van der Waals surface area contributed by atoms with Crippen LogP contribution in [0.5, 0.6) is 0 Å². The Kier molecular flexibility index (Phi) is 31.5. The molecule has 554 valence electrons. The fourth-order valence-corrected chi connectivity index (χ4v) is 12.0. The van der Waals surface area contributed by atoms with E-state index in [-0.39, 0.29) is 146 Å². The zero-order valence-corrected chi connectivity index (χ0v) is 60.8. The molecule has 0 atom stereocenters. The minimum absolute atomic E-state index is 0.0396. The van der Waals surface area contributed by atoms with E-state index in [1.54, 1.807) is 0 Å². The Morgan fingerprint density at radius 3 is 0.832 bits per heavy atom. The van der Waals surface area contributed by atoms with E-state index in [4.69, 9.17) is 91.6 Å². The first-order valence-electron chi connectivity index (χ1n) is 31.2. The zero-order valence-electron chi connectivity index (χ0n) is 57.7. The number of aromatic nitrogens is 5. The van der Waals surface area contributed by atoms with Crippen LogP contribution in [0.2, 0.25) is 0 Å². The van der Waals surface area contributed by atoms with Gasteiger partial charge < -0.3 is 81.8 Å². The highest BCUT2D eigenvalue weighted by Gasteiger charge is 2.34. The van der Waals surface area contributed by atoms with Crippen LogP contribution < -0.4 is 0 Å². The summed E-state index contributed by atoms with van der Waals surface area (Å²) >= 11 is 17.9. The molecule has 35 heteroatoms. The van der Waals surface area contributed by atoms with Gasteiger partial charge in [-0.1, -0.05) is 34.8 Å². The first-order chi connectivity index (χ1) is 47.8. The number of rotatable bonds is 39. The van der Waals surface area contributed by atoms with Crippen molar-refractivity contribution >= 4 is 116 Å². The smallest absolute Gasteiger partial charge is 0.355 e. The lowest BCUT2D eigenvalue weighted by molar-refractivity contribution is -0.141. The van der Waals surface area contributed by atoms with E-state index in [0.29, 0.717) is 56.3 Å². The van der Waals surface area contributed by atoms with Gasteiger partial charge in [-0.3, -0.25) is 47.9 Å². The molecule has 5 rings (SSSR count). The fourth-order valence-electron chi connectivity index (χ4n) is 11.5. The van der Waals surface area contributed by atoms with Crippen LogP contribution in [0, 0.1) is 0 Å². The number of sulfone groups is 1. The first-order valence-corrected chi connectivity index (χ1v) is 34.4. The quantitative estimate of drug-likeness (QED) is 0.0205. The third kappa shape index (κ3) is 24.0. The van der Waals surface area contributed by atoms with Crippen LogP contribution in [0.25, 0.3) is 0 Å². The van der Waals surface area contributed by atoms with E-state index in [1.807, 2.05) is 0 Å². The molecule has 0 aromatic carbocycles. The molecule has 101 heavy (non-hydrogen) atoms. The lowest BCUT2D eigenvalue weighted by Gasteiger charge is -2.12. The number of methoxy groups -OCH3 is 10. The van der Waals surface area contributed by atoms with Gasteiger partial charge in [-0.2, -0.15) is 0 Å².